The molecule has 96 valence electrons. The van der Waals surface area contributed by atoms with E-state index in [0.29, 0.717) is 18.5 Å². The number of aromatic hydroxyl groups is 1. The summed E-state index contributed by atoms with van der Waals surface area (Å²) < 4.78 is 1.66. The molecule has 1 heterocycles. The van der Waals surface area contributed by atoms with E-state index in [9.17, 15) is 9.90 Å². The van der Waals surface area contributed by atoms with Crippen molar-refractivity contribution in [2.75, 3.05) is 6.54 Å². The summed E-state index contributed by atoms with van der Waals surface area (Å²) in [6.45, 7) is 0.535. The number of rotatable bonds is 4. The van der Waals surface area contributed by atoms with Crippen LogP contribution in [0.2, 0.25) is 0 Å². The van der Waals surface area contributed by atoms with Crippen LogP contribution in [-0.4, -0.2) is 21.4 Å². The van der Waals surface area contributed by atoms with E-state index in [1.807, 2.05) is 0 Å². The first-order valence-electron chi connectivity index (χ1n) is 6.46. The lowest BCUT2D eigenvalue weighted by Crippen LogP contribution is -2.16. The van der Waals surface area contributed by atoms with Gasteiger partial charge in [-0.1, -0.05) is 19.3 Å². The van der Waals surface area contributed by atoms with Crippen molar-refractivity contribution in [1.29, 1.82) is 0 Å². The summed E-state index contributed by atoms with van der Waals surface area (Å²) in [5.41, 5.74) is 5.75. The van der Waals surface area contributed by atoms with Gasteiger partial charge in [0.15, 0.2) is 0 Å². The Morgan fingerprint density at radius 2 is 2.06 bits per heavy atom. The molecule has 1 saturated carbocycles. The van der Waals surface area contributed by atoms with Gasteiger partial charge in [0.25, 0.3) is 5.56 Å². The Balaban J connectivity index is 2.20. The molecule has 0 bridgehead atoms. The van der Waals surface area contributed by atoms with E-state index < -0.39 is 0 Å². The monoisotopic (exact) mass is 239 g/mol. The van der Waals surface area contributed by atoms with E-state index in [-0.39, 0.29) is 17.5 Å². The number of hydrogen-bond acceptors (Lipinski definition) is 3. The second-order valence-corrected chi connectivity index (χ2v) is 4.80. The Labute approximate surface area is 101 Å². The van der Waals surface area contributed by atoms with E-state index in [0.717, 1.165) is 19.3 Å². The Kier molecular flexibility index (Phi) is 3.89. The van der Waals surface area contributed by atoms with Crippen molar-refractivity contribution in [2.24, 2.45) is 5.73 Å². The van der Waals surface area contributed by atoms with Crippen molar-refractivity contribution < 1.29 is 5.11 Å². The zero-order chi connectivity index (χ0) is 12.3. The van der Waals surface area contributed by atoms with Gasteiger partial charge < -0.3 is 10.8 Å². The zero-order valence-electron chi connectivity index (χ0n) is 10.1. The molecule has 0 aliphatic heterocycles. The van der Waals surface area contributed by atoms with Crippen molar-refractivity contribution in [1.82, 2.24) is 9.78 Å². The normalized spacial score (nSPS) is 17.5. The molecule has 5 nitrogen and oxygen atoms in total. The van der Waals surface area contributed by atoms with Crippen LogP contribution in [0.1, 0.15) is 50.1 Å². The first-order valence-corrected chi connectivity index (χ1v) is 6.46. The molecule has 5 heteroatoms. The summed E-state index contributed by atoms with van der Waals surface area (Å²) >= 11 is 0. The van der Waals surface area contributed by atoms with Crippen LogP contribution < -0.4 is 11.3 Å². The molecule has 0 saturated heterocycles. The van der Waals surface area contributed by atoms with Crippen LogP contribution in [0.15, 0.2) is 4.79 Å². The third-order valence-corrected chi connectivity index (χ3v) is 3.56. The molecule has 0 aromatic carbocycles. The van der Waals surface area contributed by atoms with Crippen LogP contribution in [0.25, 0.3) is 0 Å². The summed E-state index contributed by atoms with van der Waals surface area (Å²) in [4.78, 5) is 11.7. The molecule has 1 fully saturated rings. The molecule has 1 aliphatic rings. The number of aromatic amines is 1. The highest BCUT2D eigenvalue weighted by Gasteiger charge is 2.21. The first kappa shape index (κ1) is 12.2. The second kappa shape index (κ2) is 5.40. The Morgan fingerprint density at radius 3 is 2.71 bits per heavy atom. The van der Waals surface area contributed by atoms with Crippen LogP contribution in [0.5, 0.6) is 5.88 Å². The molecule has 0 radical (unpaired) electrons. The maximum Gasteiger partial charge on any atom is 0.271 e. The number of hydrogen-bond donors (Lipinski definition) is 3. The molecule has 4 N–H and O–H groups in total. The van der Waals surface area contributed by atoms with E-state index in [1.165, 1.54) is 19.3 Å². The molecule has 17 heavy (non-hydrogen) atoms. The average Bonchev–Trinajstić information content (AvgIpc) is 2.64. The minimum absolute atomic E-state index is 0.121. The maximum atomic E-state index is 11.7. The lowest BCUT2D eigenvalue weighted by molar-refractivity contribution is 0.288. The van der Waals surface area contributed by atoms with E-state index in [2.05, 4.69) is 5.10 Å². The van der Waals surface area contributed by atoms with Crippen molar-refractivity contribution in [3.05, 3.63) is 15.9 Å². The topological polar surface area (TPSA) is 84.0 Å². The van der Waals surface area contributed by atoms with Gasteiger partial charge in [-0.25, -0.2) is 0 Å². The van der Waals surface area contributed by atoms with Gasteiger partial charge in [0.05, 0.1) is 11.6 Å². The van der Waals surface area contributed by atoms with Gasteiger partial charge in [0.2, 0.25) is 5.88 Å². The molecule has 1 aliphatic carbocycles. The summed E-state index contributed by atoms with van der Waals surface area (Å²) in [7, 11) is 0. The van der Waals surface area contributed by atoms with Crippen molar-refractivity contribution in [2.45, 2.75) is 51.0 Å². The predicted molar refractivity (Wildman–Crippen MR) is 66.2 cm³/mol. The van der Waals surface area contributed by atoms with Gasteiger partial charge in [-0.2, -0.15) is 0 Å². The van der Waals surface area contributed by atoms with Crippen molar-refractivity contribution in [3.8, 4) is 5.88 Å². The van der Waals surface area contributed by atoms with Crippen molar-refractivity contribution in [3.63, 3.8) is 0 Å². The predicted octanol–water partition coefficient (Wildman–Crippen LogP) is 1.28. The third kappa shape index (κ3) is 2.54. The molecular weight excluding hydrogens is 218 g/mol. The largest absolute Gasteiger partial charge is 0.493 e. The quantitative estimate of drug-likeness (QED) is 0.740. The highest BCUT2D eigenvalue weighted by molar-refractivity contribution is 5.23. The number of nitrogens with zero attached hydrogens (tertiary/aromatic N) is 1. The van der Waals surface area contributed by atoms with Crippen LogP contribution in [0.4, 0.5) is 0 Å². The highest BCUT2D eigenvalue weighted by atomic mass is 16.3. The zero-order valence-corrected chi connectivity index (χ0v) is 10.1. The minimum atomic E-state index is -0.165. The lowest BCUT2D eigenvalue weighted by atomic mass is 9.96. The fourth-order valence-corrected chi connectivity index (χ4v) is 2.58. The summed E-state index contributed by atoms with van der Waals surface area (Å²) in [6, 6.07) is 0.253. The molecule has 2 rings (SSSR count). The van der Waals surface area contributed by atoms with Crippen LogP contribution >= 0.6 is 0 Å². The number of nitrogens with two attached hydrogens (primary N) is 1. The smallest absolute Gasteiger partial charge is 0.271 e. The number of nitrogens with one attached hydrogen (secondary N) is 1. The minimum Gasteiger partial charge on any atom is -0.493 e. The maximum absolute atomic E-state index is 11.7. The number of H-pyrrole nitrogens is 1. The van der Waals surface area contributed by atoms with Gasteiger partial charge in [0, 0.05) is 0 Å². The summed E-state index contributed by atoms with van der Waals surface area (Å²) in [5, 5.41) is 12.8. The Bertz CT molecular complexity index is 416. The summed E-state index contributed by atoms with van der Waals surface area (Å²) in [6.07, 6.45) is 6.94. The highest BCUT2D eigenvalue weighted by Crippen LogP contribution is 2.31. The molecule has 0 unspecified atom stereocenters. The third-order valence-electron chi connectivity index (χ3n) is 3.56. The van der Waals surface area contributed by atoms with Gasteiger partial charge in [-0.05, 0) is 32.2 Å². The van der Waals surface area contributed by atoms with E-state index in [4.69, 9.17) is 5.73 Å². The van der Waals surface area contributed by atoms with Gasteiger partial charge >= 0.3 is 0 Å². The van der Waals surface area contributed by atoms with Gasteiger partial charge in [0.1, 0.15) is 0 Å². The molecule has 0 atom stereocenters. The average molecular weight is 239 g/mol. The standard InChI is InChI=1S/C12H21N3O2/c13-8-4-7-10-11(16)14-15(12(10)17)9-5-2-1-3-6-9/h9,17H,1-8,13H2,(H,14,16). The van der Waals surface area contributed by atoms with Crippen LogP contribution in [0, 0.1) is 0 Å². The first-order chi connectivity index (χ1) is 8.24. The Hall–Kier alpha value is -1.23. The van der Waals surface area contributed by atoms with Gasteiger partial charge in [-0.15, -0.1) is 0 Å². The molecular formula is C12H21N3O2. The lowest BCUT2D eigenvalue weighted by Gasteiger charge is -2.23. The van der Waals surface area contributed by atoms with E-state index >= 15 is 0 Å². The fourth-order valence-electron chi connectivity index (χ4n) is 2.58. The SMILES string of the molecule is NCCCc1c(O)n(C2CCCCC2)[nH]c1=O. The second-order valence-electron chi connectivity index (χ2n) is 4.80. The fraction of sp³-hybridized carbons (Fsp3) is 0.750. The van der Waals surface area contributed by atoms with Gasteiger partial charge in [-0.3, -0.25) is 14.6 Å². The molecule has 1 aromatic rings. The van der Waals surface area contributed by atoms with Crippen molar-refractivity contribution >= 4 is 0 Å². The molecule has 1 aromatic heterocycles. The van der Waals surface area contributed by atoms with E-state index in [1.54, 1.807) is 4.68 Å². The van der Waals surface area contributed by atoms with Crippen LogP contribution in [-0.2, 0) is 6.42 Å². The number of aromatic nitrogens is 2. The molecule has 0 amide bonds. The molecule has 0 spiro atoms. The summed E-state index contributed by atoms with van der Waals surface area (Å²) in [5.74, 6) is 0.121. The Morgan fingerprint density at radius 1 is 1.35 bits per heavy atom. The van der Waals surface area contributed by atoms with Crippen LogP contribution in [0.3, 0.4) is 0 Å².